The normalized spacial score (nSPS) is 11.7. The number of nitrogens with one attached hydrogen (secondary N) is 1. The summed E-state index contributed by atoms with van der Waals surface area (Å²) < 4.78 is 0. The Hall–Kier alpha value is -4.04. The van der Waals surface area contributed by atoms with Crippen LogP contribution in [0.4, 0.5) is 0 Å². The van der Waals surface area contributed by atoms with Gasteiger partial charge in [0.2, 0.25) is 0 Å². The van der Waals surface area contributed by atoms with Gasteiger partial charge in [-0.3, -0.25) is 9.59 Å². The van der Waals surface area contributed by atoms with Crippen LogP contribution in [-0.4, -0.2) is 15.8 Å². The highest BCUT2D eigenvalue weighted by molar-refractivity contribution is 6.10. The first-order chi connectivity index (χ1) is 13.7. The first-order valence-electron chi connectivity index (χ1n) is 8.75. The number of hydrogen-bond donors (Lipinski definition) is 1. The lowest BCUT2D eigenvalue weighted by atomic mass is 9.97. The van der Waals surface area contributed by atoms with E-state index in [1.807, 2.05) is 24.3 Å². The highest BCUT2D eigenvalue weighted by atomic mass is 16.1. The maximum atomic E-state index is 12.7. The molecule has 4 aromatic rings. The Balaban J connectivity index is 1.82. The molecule has 0 unspecified atom stereocenters. The minimum Gasteiger partial charge on any atom is -0.319 e. The lowest BCUT2D eigenvalue weighted by Crippen LogP contribution is -2.19. The van der Waals surface area contributed by atoms with Crippen LogP contribution in [0.15, 0.2) is 83.7 Å². The fourth-order valence-electron chi connectivity index (χ4n) is 3.13. The first-order valence-corrected chi connectivity index (χ1v) is 8.75. The Morgan fingerprint density at radius 1 is 0.929 bits per heavy atom. The maximum absolute atomic E-state index is 12.7. The zero-order valence-corrected chi connectivity index (χ0v) is 14.8. The second-order valence-electron chi connectivity index (χ2n) is 6.35. The van der Waals surface area contributed by atoms with E-state index in [-0.39, 0.29) is 11.5 Å². The van der Waals surface area contributed by atoms with E-state index < -0.39 is 11.5 Å². The molecule has 0 fully saturated rings. The van der Waals surface area contributed by atoms with Crippen molar-refractivity contribution in [1.82, 2.24) is 9.97 Å². The first kappa shape index (κ1) is 17.4. The summed E-state index contributed by atoms with van der Waals surface area (Å²) in [5.41, 5.74) is 2.42. The molecule has 0 radical (unpaired) electrons. The number of benzene rings is 3. The molecule has 0 spiro atoms. The molecule has 4 rings (SSSR count). The summed E-state index contributed by atoms with van der Waals surface area (Å²) >= 11 is 0. The molecule has 0 amide bonds. The smallest absolute Gasteiger partial charge is 0.271 e. The van der Waals surface area contributed by atoms with Gasteiger partial charge in [0.25, 0.3) is 5.56 Å². The van der Waals surface area contributed by atoms with Gasteiger partial charge in [-0.2, -0.15) is 5.26 Å². The van der Waals surface area contributed by atoms with Crippen molar-refractivity contribution in [1.29, 1.82) is 5.26 Å². The monoisotopic (exact) mass is 365 g/mol. The topological polar surface area (TPSA) is 86.6 Å². The van der Waals surface area contributed by atoms with Gasteiger partial charge in [-0.05, 0) is 23.8 Å². The lowest BCUT2D eigenvalue weighted by Gasteiger charge is -2.10. The Morgan fingerprint density at radius 3 is 2.29 bits per heavy atom. The van der Waals surface area contributed by atoms with Gasteiger partial charge in [-0.1, -0.05) is 60.7 Å². The number of H-pyrrole nitrogens is 1. The van der Waals surface area contributed by atoms with Crippen molar-refractivity contribution >= 4 is 16.8 Å². The Labute approximate surface area is 160 Å². The molecule has 3 aromatic carbocycles. The largest absolute Gasteiger partial charge is 0.319 e. The van der Waals surface area contributed by atoms with Crippen molar-refractivity contribution in [3.8, 4) is 6.07 Å². The third-order valence-electron chi connectivity index (χ3n) is 4.55. The number of hydrogen-bond acceptors (Lipinski definition) is 4. The minimum atomic E-state index is -0.789. The molecule has 1 atom stereocenters. The van der Waals surface area contributed by atoms with E-state index in [4.69, 9.17) is 0 Å². The van der Waals surface area contributed by atoms with E-state index in [2.05, 4.69) is 16.0 Å². The molecule has 0 saturated heterocycles. The number of fused-ring (bicyclic) bond motifs is 1. The molecule has 1 heterocycles. The third kappa shape index (κ3) is 3.19. The predicted molar refractivity (Wildman–Crippen MR) is 106 cm³/mol. The molecule has 134 valence electrons. The highest BCUT2D eigenvalue weighted by Crippen LogP contribution is 2.22. The number of aromatic amines is 1. The maximum Gasteiger partial charge on any atom is 0.271 e. The van der Waals surface area contributed by atoms with Gasteiger partial charge < -0.3 is 4.98 Å². The zero-order chi connectivity index (χ0) is 19.5. The van der Waals surface area contributed by atoms with Crippen molar-refractivity contribution in [3.05, 3.63) is 112 Å². The molecule has 0 aliphatic carbocycles. The van der Waals surface area contributed by atoms with Crippen LogP contribution in [0.1, 0.15) is 33.1 Å². The Morgan fingerprint density at radius 2 is 1.61 bits per heavy atom. The van der Waals surface area contributed by atoms with E-state index in [9.17, 15) is 14.9 Å². The number of nitrogens with zero attached hydrogens (tertiary/aromatic N) is 2. The van der Waals surface area contributed by atoms with Gasteiger partial charge in [-0.25, -0.2) is 4.98 Å². The van der Waals surface area contributed by atoms with Crippen LogP contribution in [0.5, 0.6) is 0 Å². The van der Waals surface area contributed by atoms with Crippen LogP contribution in [0.3, 0.4) is 0 Å². The van der Waals surface area contributed by atoms with E-state index in [0.29, 0.717) is 27.7 Å². The number of ketones is 1. The second-order valence-corrected chi connectivity index (χ2v) is 6.35. The third-order valence-corrected chi connectivity index (χ3v) is 4.55. The SMILES string of the molecule is N#C[C@H](c1ccccc1)c1nc2cc(C(=O)c3ccccc3)ccc2[nH]c1=O. The van der Waals surface area contributed by atoms with Crippen molar-refractivity contribution in [2.45, 2.75) is 5.92 Å². The Kier molecular flexibility index (Phi) is 4.53. The molecule has 0 aliphatic heterocycles. The van der Waals surface area contributed by atoms with Crippen LogP contribution < -0.4 is 5.56 Å². The van der Waals surface area contributed by atoms with Gasteiger partial charge in [-0.15, -0.1) is 0 Å². The molecular formula is C23H15N3O2. The molecule has 0 saturated carbocycles. The molecule has 1 aromatic heterocycles. The van der Waals surface area contributed by atoms with Gasteiger partial charge in [0.1, 0.15) is 11.6 Å². The Bertz CT molecular complexity index is 1260. The summed E-state index contributed by atoms with van der Waals surface area (Å²) in [5.74, 6) is -0.917. The lowest BCUT2D eigenvalue weighted by molar-refractivity contribution is 0.103. The summed E-state index contributed by atoms with van der Waals surface area (Å²) in [6, 6.07) is 25.1. The standard InChI is InChI=1S/C23H15N3O2/c24-14-18(15-7-3-1-4-8-15)21-23(28)26-19-12-11-17(13-20(19)25-21)22(27)16-9-5-2-6-10-16/h1-13,18H,(H,26,28)/t18-/m1/s1. The summed E-state index contributed by atoms with van der Waals surface area (Å²) in [5, 5.41) is 9.62. The fraction of sp³-hybridized carbons (Fsp3) is 0.0435. The number of nitriles is 1. The molecule has 28 heavy (non-hydrogen) atoms. The van der Waals surface area contributed by atoms with E-state index in [1.165, 1.54) is 0 Å². The summed E-state index contributed by atoms with van der Waals surface area (Å²) in [4.78, 5) is 32.4. The van der Waals surface area contributed by atoms with Crippen LogP contribution in [-0.2, 0) is 0 Å². The van der Waals surface area contributed by atoms with Crippen LogP contribution in [0.25, 0.3) is 11.0 Å². The average Bonchev–Trinajstić information content (AvgIpc) is 2.75. The zero-order valence-electron chi connectivity index (χ0n) is 14.8. The van der Waals surface area contributed by atoms with Crippen molar-refractivity contribution in [2.24, 2.45) is 0 Å². The molecule has 1 N–H and O–H groups in total. The van der Waals surface area contributed by atoms with Gasteiger partial charge in [0.15, 0.2) is 5.78 Å². The van der Waals surface area contributed by atoms with E-state index >= 15 is 0 Å². The molecule has 5 heteroatoms. The number of aromatic nitrogens is 2. The van der Waals surface area contributed by atoms with Crippen molar-refractivity contribution in [2.75, 3.05) is 0 Å². The highest BCUT2D eigenvalue weighted by Gasteiger charge is 2.20. The van der Waals surface area contributed by atoms with Crippen LogP contribution in [0, 0.1) is 11.3 Å². The number of rotatable bonds is 4. The van der Waals surface area contributed by atoms with Crippen molar-refractivity contribution < 1.29 is 4.79 Å². The molecule has 0 aliphatic rings. The fourth-order valence-corrected chi connectivity index (χ4v) is 3.13. The molecule has 0 bridgehead atoms. The van der Waals surface area contributed by atoms with Crippen LogP contribution in [0.2, 0.25) is 0 Å². The summed E-state index contributed by atoms with van der Waals surface area (Å²) in [6.45, 7) is 0. The van der Waals surface area contributed by atoms with Crippen LogP contribution >= 0.6 is 0 Å². The number of carbonyl (C=O) groups is 1. The second kappa shape index (κ2) is 7.29. The van der Waals surface area contributed by atoms with E-state index in [1.54, 1.807) is 54.6 Å². The molecular weight excluding hydrogens is 350 g/mol. The predicted octanol–water partition coefficient (Wildman–Crippen LogP) is 3.81. The van der Waals surface area contributed by atoms with Crippen molar-refractivity contribution in [3.63, 3.8) is 0 Å². The average molecular weight is 365 g/mol. The molecule has 5 nitrogen and oxygen atoms in total. The van der Waals surface area contributed by atoms with Gasteiger partial charge >= 0.3 is 0 Å². The quantitative estimate of drug-likeness (QED) is 0.557. The number of carbonyl (C=O) groups excluding carboxylic acids is 1. The minimum absolute atomic E-state index is 0.116. The van der Waals surface area contributed by atoms with Gasteiger partial charge in [0, 0.05) is 11.1 Å². The van der Waals surface area contributed by atoms with E-state index in [0.717, 1.165) is 0 Å². The summed E-state index contributed by atoms with van der Waals surface area (Å²) in [6.07, 6.45) is 0. The van der Waals surface area contributed by atoms with Gasteiger partial charge in [0.05, 0.1) is 17.1 Å². The summed E-state index contributed by atoms with van der Waals surface area (Å²) in [7, 11) is 0.